The molecule has 0 aliphatic heterocycles. The molecule has 0 radical (unpaired) electrons. The highest BCUT2D eigenvalue weighted by atomic mass is 14.7. The normalized spacial score (nSPS) is 11.0. The van der Waals surface area contributed by atoms with E-state index in [1.165, 1.54) is 16.7 Å². The molecule has 0 aromatic heterocycles. The summed E-state index contributed by atoms with van der Waals surface area (Å²) in [5.41, 5.74) is 3.93. The Bertz CT molecular complexity index is 300. The minimum Gasteiger partial charge on any atom is -0.293 e. The number of nitrogens with zero attached hydrogens (tertiary/aromatic N) is 1. The second-order valence-corrected chi connectivity index (χ2v) is 3.17. The molecule has 0 aliphatic carbocycles. The second kappa shape index (κ2) is 4.80. The SMILES string of the molecule is CCN=Cc1cc(CC)ccc1C. The third-order valence-electron chi connectivity index (χ3n) is 2.16. The second-order valence-electron chi connectivity index (χ2n) is 3.17. The first kappa shape index (κ1) is 9.97. The van der Waals surface area contributed by atoms with Crippen LogP contribution < -0.4 is 0 Å². The van der Waals surface area contributed by atoms with Crippen LogP contribution in [-0.2, 0) is 6.42 Å². The number of aryl methyl sites for hydroxylation is 2. The topological polar surface area (TPSA) is 12.4 Å². The van der Waals surface area contributed by atoms with Crippen LogP contribution in [0.15, 0.2) is 23.2 Å². The van der Waals surface area contributed by atoms with E-state index in [0.29, 0.717) is 0 Å². The van der Waals surface area contributed by atoms with Gasteiger partial charge in [0.15, 0.2) is 0 Å². The highest BCUT2D eigenvalue weighted by Crippen LogP contribution is 2.09. The predicted molar refractivity (Wildman–Crippen MR) is 58.7 cm³/mol. The summed E-state index contributed by atoms with van der Waals surface area (Å²) in [4.78, 5) is 4.25. The van der Waals surface area contributed by atoms with Gasteiger partial charge in [0.05, 0.1) is 0 Å². The highest BCUT2D eigenvalue weighted by Gasteiger charge is 1.95. The Balaban J connectivity index is 2.97. The molecular weight excluding hydrogens is 158 g/mol. The molecule has 1 rings (SSSR count). The summed E-state index contributed by atoms with van der Waals surface area (Å²) >= 11 is 0. The molecule has 1 aromatic carbocycles. The van der Waals surface area contributed by atoms with Gasteiger partial charge in [0.2, 0.25) is 0 Å². The Morgan fingerprint density at radius 2 is 2.08 bits per heavy atom. The molecule has 1 nitrogen and oxygen atoms in total. The van der Waals surface area contributed by atoms with E-state index in [2.05, 4.69) is 44.0 Å². The molecule has 0 saturated heterocycles. The zero-order valence-corrected chi connectivity index (χ0v) is 8.67. The molecule has 0 amide bonds. The van der Waals surface area contributed by atoms with Crippen molar-refractivity contribution in [1.82, 2.24) is 0 Å². The van der Waals surface area contributed by atoms with E-state index in [-0.39, 0.29) is 0 Å². The standard InChI is InChI=1S/C12H17N/c1-4-11-7-6-10(3)12(8-11)9-13-5-2/h6-9H,4-5H2,1-3H3. The van der Waals surface area contributed by atoms with E-state index >= 15 is 0 Å². The summed E-state index contributed by atoms with van der Waals surface area (Å²) in [6.07, 6.45) is 3.06. The summed E-state index contributed by atoms with van der Waals surface area (Å²) in [5, 5.41) is 0. The summed E-state index contributed by atoms with van der Waals surface area (Å²) < 4.78 is 0. The third-order valence-corrected chi connectivity index (χ3v) is 2.16. The summed E-state index contributed by atoms with van der Waals surface area (Å²) in [6, 6.07) is 6.56. The Morgan fingerprint density at radius 1 is 1.31 bits per heavy atom. The Hall–Kier alpha value is -1.11. The summed E-state index contributed by atoms with van der Waals surface area (Å²) in [6.45, 7) is 7.20. The first-order chi connectivity index (χ1) is 6.27. The van der Waals surface area contributed by atoms with Gasteiger partial charge in [-0.2, -0.15) is 0 Å². The number of aliphatic imine (C=N–C) groups is 1. The number of rotatable bonds is 3. The van der Waals surface area contributed by atoms with Gasteiger partial charge < -0.3 is 0 Å². The van der Waals surface area contributed by atoms with E-state index < -0.39 is 0 Å². The highest BCUT2D eigenvalue weighted by molar-refractivity contribution is 5.81. The van der Waals surface area contributed by atoms with Gasteiger partial charge in [-0.05, 0) is 43.0 Å². The van der Waals surface area contributed by atoms with Crippen LogP contribution in [0.4, 0.5) is 0 Å². The van der Waals surface area contributed by atoms with Gasteiger partial charge in [-0.25, -0.2) is 0 Å². The largest absolute Gasteiger partial charge is 0.293 e. The van der Waals surface area contributed by atoms with Crippen molar-refractivity contribution in [2.24, 2.45) is 4.99 Å². The smallest absolute Gasteiger partial charge is 0.0361 e. The van der Waals surface area contributed by atoms with Crippen LogP contribution in [0.3, 0.4) is 0 Å². The quantitative estimate of drug-likeness (QED) is 0.626. The van der Waals surface area contributed by atoms with Crippen LogP contribution in [0.2, 0.25) is 0 Å². The molecular formula is C12H17N. The molecule has 70 valence electrons. The minimum atomic E-state index is 0.857. The maximum atomic E-state index is 4.25. The lowest BCUT2D eigenvalue weighted by atomic mass is 10.0. The molecule has 0 heterocycles. The van der Waals surface area contributed by atoms with Gasteiger partial charge in [0.1, 0.15) is 0 Å². The van der Waals surface area contributed by atoms with Crippen LogP contribution in [-0.4, -0.2) is 12.8 Å². The molecule has 13 heavy (non-hydrogen) atoms. The van der Waals surface area contributed by atoms with Crippen molar-refractivity contribution < 1.29 is 0 Å². The van der Waals surface area contributed by atoms with Crippen LogP contribution in [0.5, 0.6) is 0 Å². The van der Waals surface area contributed by atoms with Crippen molar-refractivity contribution in [3.8, 4) is 0 Å². The molecule has 0 aliphatic rings. The average molecular weight is 175 g/mol. The van der Waals surface area contributed by atoms with Crippen LogP contribution in [0.1, 0.15) is 30.5 Å². The Morgan fingerprint density at radius 3 is 2.69 bits per heavy atom. The monoisotopic (exact) mass is 175 g/mol. The van der Waals surface area contributed by atoms with Gasteiger partial charge in [0, 0.05) is 12.8 Å². The number of hydrogen-bond acceptors (Lipinski definition) is 1. The van der Waals surface area contributed by atoms with Crippen molar-refractivity contribution in [2.45, 2.75) is 27.2 Å². The van der Waals surface area contributed by atoms with E-state index in [1.807, 2.05) is 6.21 Å². The van der Waals surface area contributed by atoms with Gasteiger partial charge in [-0.3, -0.25) is 4.99 Å². The third kappa shape index (κ3) is 2.69. The lowest BCUT2D eigenvalue weighted by Crippen LogP contribution is -1.90. The Labute approximate surface area is 80.5 Å². The van der Waals surface area contributed by atoms with Crippen molar-refractivity contribution in [3.05, 3.63) is 34.9 Å². The first-order valence-corrected chi connectivity index (χ1v) is 4.87. The minimum absolute atomic E-state index is 0.857. The molecule has 0 spiro atoms. The summed E-state index contributed by atoms with van der Waals surface area (Å²) in [5.74, 6) is 0. The fourth-order valence-electron chi connectivity index (χ4n) is 1.24. The molecule has 0 N–H and O–H groups in total. The van der Waals surface area contributed by atoms with Crippen LogP contribution in [0.25, 0.3) is 0 Å². The van der Waals surface area contributed by atoms with Gasteiger partial charge in [0.25, 0.3) is 0 Å². The van der Waals surface area contributed by atoms with E-state index in [9.17, 15) is 0 Å². The predicted octanol–water partition coefficient (Wildman–Crippen LogP) is 3.00. The zero-order valence-electron chi connectivity index (χ0n) is 8.67. The maximum Gasteiger partial charge on any atom is 0.0361 e. The van der Waals surface area contributed by atoms with Gasteiger partial charge in [-0.15, -0.1) is 0 Å². The lowest BCUT2D eigenvalue weighted by molar-refractivity contribution is 1.12. The molecule has 0 atom stereocenters. The molecule has 0 bridgehead atoms. The Kier molecular flexibility index (Phi) is 3.69. The average Bonchev–Trinajstić information content (AvgIpc) is 2.17. The van der Waals surface area contributed by atoms with Crippen molar-refractivity contribution in [3.63, 3.8) is 0 Å². The number of hydrogen-bond donors (Lipinski definition) is 0. The first-order valence-electron chi connectivity index (χ1n) is 4.87. The van der Waals surface area contributed by atoms with Crippen LogP contribution in [0, 0.1) is 6.92 Å². The van der Waals surface area contributed by atoms with E-state index in [4.69, 9.17) is 0 Å². The lowest BCUT2D eigenvalue weighted by Gasteiger charge is -2.02. The maximum absolute atomic E-state index is 4.25. The molecule has 0 fully saturated rings. The zero-order chi connectivity index (χ0) is 9.68. The van der Waals surface area contributed by atoms with Crippen molar-refractivity contribution in [1.29, 1.82) is 0 Å². The molecule has 0 saturated carbocycles. The van der Waals surface area contributed by atoms with Crippen molar-refractivity contribution >= 4 is 6.21 Å². The fraction of sp³-hybridized carbons (Fsp3) is 0.417. The van der Waals surface area contributed by atoms with Crippen molar-refractivity contribution in [2.75, 3.05) is 6.54 Å². The number of benzene rings is 1. The summed E-state index contributed by atoms with van der Waals surface area (Å²) in [7, 11) is 0. The molecule has 1 aromatic rings. The van der Waals surface area contributed by atoms with E-state index in [1.54, 1.807) is 0 Å². The fourth-order valence-corrected chi connectivity index (χ4v) is 1.24. The van der Waals surface area contributed by atoms with Gasteiger partial charge in [-0.1, -0.05) is 19.1 Å². The molecule has 0 unspecified atom stereocenters. The van der Waals surface area contributed by atoms with Gasteiger partial charge >= 0.3 is 0 Å². The molecule has 1 heteroatoms. The van der Waals surface area contributed by atoms with Crippen LogP contribution >= 0.6 is 0 Å². The van der Waals surface area contributed by atoms with E-state index in [0.717, 1.165) is 13.0 Å².